The molecule has 14 heavy (non-hydrogen) atoms. The van der Waals surface area contributed by atoms with Crippen molar-refractivity contribution in [3.8, 4) is 5.75 Å². The monoisotopic (exact) mass is 212 g/mol. The summed E-state index contributed by atoms with van der Waals surface area (Å²) in [6.07, 6.45) is 4.41. The van der Waals surface area contributed by atoms with Gasteiger partial charge in [0, 0.05) is 4.90 Å². The Morgan fingerprint density at radius 3 is 2.93 bits per heavy atom. The van der Waals surface area contributed by atoms with Crippen molar-refractivity contribution in [1.29, 1.82) is 0 Å². The molecule has 0 aromatic heterocycles. The molecule has 0 amide bonds. The van der Waals surface area contributed by atoms with Crippen LogP contribution in [0.15, 0.2) is 23.1 Å². The molecule has 0 radical (unpaired) electrons. The van der Waals surface area contributed by atoms with Crippen molar-refractivity contribution in [3.05, 3.63) is 24.0 Å². The van der Waals surface area contributed by atoms with Gasteiger partial charge in [0.1, 0.15) is 11.6 Å². The predicted octanol–water partition coefficient (Wildman–Crippen LogP) is 3.34. The van der Waals surface area contributed by atoms with Crippen molar-refractivity contribution in [3.63, 3.8) is 0 Å². The van der Waals surface area contributed by atoms with Crippen molar-refractivity contribution in [2.75, 3.05) is 12.9 Å². The molecule has 0 bridgehead atoms. The number of hydrogen-bond donors (Lipinski definition) is 0. The topological polar surface area (TPSA) is 9.23 Å². The third-order valence-corrected chi connectivity index (χ3v) is 3.06. The van der Waals surface area contributed by atoms with Gasteiger partial charge in [-0.1, -0.05) is 0 Å². The fourth-order valence-electron chi connectivity index (χ4n) is 1.23. The van der Waals surface area contributed by atoms with Gasteiger partial charge in [0.25, 0.3) is 0 Å². The molecule has 1 nitrogen and oxygen atoms in total. The first kappa shape index (κ1) is 9.84. The van der Waals surface area contributed by atoms with Gasteiger partial charge >= 0.3 is 0 Å². The molecule has 1 aliphatic rings. The molecule has 1 aromatic carbocycles. The average molecular weight is 212 g/mol. The van der Waals surface area contributed by atoms with Crippen LogP contribution in [0.5, 0.6) is 5.75 Å². The van der Waals surface area contributed by atoms with Crippen LogP contribution in [0.3, 0.4) is 0 Å². The third kappa shape index (κ3) is 2.41. The lowest BCUT2D eigenvalue weighted by atomic mass is 10.3. The second-order valence-electron chi connectivity index (χ2n) is 3.55. The summed E-state index contributed by atoms with van der Waals surface area (Å²) in [5.74, 6) is 1.34. The number of benzene rings is 1. The second kappa shape index (κ2) is 4.22. The molecule has 1 aromatic rings. The van der Waals surface area contributed by atoms with Gasteiger partial charge in [-0.3, -0.25) is 0 Å². The van der Waals surface area contributed by atoms with Crippen molar-refractivity contribution >= 4 is 11.8 Å². The highest BCUT2D eigenvalue weighted by molar-refractivity contribution is 7.98. The summed E-state index contributed by atoms with van der Waals surface area (Å²) < 4.78 is 18.7. The van der Waals surface area contributed by atoms with Crippen molar-refractivity contribution in [1.82, 2.24) is 0 Å². The van der Waals surface area contributed by atoms with Gasteiger partial charge in [0.05, 0.1) is 6.61 Å². The van der Waals surface area contributed by atoms with E-state index >= 15 is 0 Å². The third-order valence-electron chi connectivity index (χ3n) is 2.31. The van der Waals surface area contributed by atoms with Crippen LogP contribution in [-0.4, -0.2) is 12.9 Å². The van der Waals surface area contributed by atoms with E-state index in [9.17, 15) is 4.39 Å². The van der Waals surface area contributed by atoms with Crippen LogP contribution < -0.4 is 4.74 Å². The maximum Gasteiger partial charge on any atom is 0.137 e. The molecule has 0 atom stereocenters. The molecule has 2 rings (SSSR count). The van der Waals surface area contributed by atoms with E-state index in [1.165, 1.54) is 30.7 Å². The summed E-state index contributed by atoms with van der Waals surface area (Å²) in [5, 5.41) is 0. The predicted molar refractivity (Wildman–Crippen MR) is 56.4 cm³/mol. The maximum atomic E-state index is 13.1. The van der Waals surface area contributed by atoms with Crippen LogP contribution in [0.1, 0.15) is 12.8 Å². The van der Waals surface area contributed by atoms with Crippen LogP contribution in [0.4, 0.5) is 4.39 Å². The maximum absolute atomic E-state index is 13.1. The molecule has 0 saturated heterocycles. The standard InChI is InChI=1S/C11H13FOS/c1-14-11-6-9(4-5-10(11)12)13-7-8-2-3-8/h4-6,8H,2-3,7H2,1H3. The molecular formula is C11H13FOS. The van der Waals surface area contributed by atoms with Crippen LogP contribution in [0, 0.1) is 11.7 Å². The lowest BCUT2D eigenvalue weighted by Crippen LogP contribution is -1.99. The van der Waals surface area contributed by atoms with Gasteiger partial charge in [-0.2, -0.15) is 0 Å². The highest BCUT2D eigenvalue weighted by Crippen LogP contribution is 2.30. The summed E-state index contributed by atoms with van der Waals surface area (Å²) in [6.45, 7) is 0.777. The Hall–Kier alpha value is -0.700. The largest absolute Gasteiger partial charge is 0.493 e. The fourth-order valence-corrected chi connectivity index (χ4v) is 1.73. The molecule has 1 saturated carbocycles. The minimum Gasteiger partial charge on any atom is -0.493 e. The molecule has 0 unspecified atom stereocenters. The van der Waals surface area contributed by atoms with Crippen molar-refractivity contribution in [2.24, 2.45) is 5.92 Å². The molecule has 0 N–H and O–H groups in total. The Balaban J connectivity index is 2.01. The Morgan fingerprint density at radius 2 is 2.29 bits per heavy atom. The normalized spacial score (nSPS) is 15.6. The molecule has 3 heteroatoms. The van der Waals surface area contributed by atoms with Gasteiger partial charge in [-0.25, -0.2) is 4.39 Å². The Kier molecular flexibility index (Phi) is 2.96. The summed E-state index contributed by atoms with van der Waals surface area (Å²) in [5.41, 5.74) is 0. The quantitative estimate of drug-likeness (QED) is 0.708. The van der Waals surface area contributed by atoms with Gasteiger partial charge in [0.15, 0.2) is 0 Å². The zero-order valence-corrected chi connectivity index (χ0v) is 8.94. The Morgan fingerprint density at radius 1 is 1.50 bits per heavy atom. The molecule has 1 aliphatic carbocycles. The second-order valence-corrected chi connectivity index (χ2v) is 4.40. The minimum absolute atomic E-state index is 0.170. The highest BCUT2D eigenvalue weighted by Gasteiger charge is 2.21. The molecule has 0 aliphatic heterocycles. The Labute approximate surface area is 87.7 Å². The van der Waals surface area contributed by atoms with Crippen LogP contribution >= 0.6 is 11.8 Å². The molecule has 0 heterocycles. The number of thioether (sulfide) groups is 1. The van der Waals surface area contributed by atoms with Gasteiger partial charge in [0.2, 0.25) is 0 Å². The van der Waals surface area contributed by atoms with E-state index in [0.717, 1.165) is 18.3 Å². The van der Waals surface area contributed by atoms with Crippen molar-refractivity contribution < 1.29 is 9.13 Å². The zero-order valence-electron chi connectivity index (χ0n) is 8.13. The van der Waals surface area contributed by atoms with Gasteiger partial charge in [-0.05, 0) is 43.2 Å². The summed E-state index contributed by atoms with van der Waals surface area (Å²) in [4.78, 5) is 0.651. The van der Waals surface area contributed by atoms with Crippen LogP contribution in [0.25, 0.3) is 0 Å². The minimum atomic E-state index is -0.170. The van der Waals surface area contributed by atoms with E-state index in [2.05, 4.69) is 0 Å². The number of rotatable bonds is 4. The van der Waals surface area contributed by atoms with E-state index in [-0.39, 0.29) is 5.82 Å². The molecular weight excluding hydrogens is 199 g/mol. The van der Waals surface area contributed by atoms with Gasteiger partial charge in [-0.15, -0.1) is 11.8 Å². The SMILES string of the molecule is CSc1cc(OCC2CC2)ccc1F. The highest BCUT2D eigenvalue weighted by atomic mass is 32.2. The van der Waals surface area contributed by atoms with Crippen LogP contribution in [0.2, 0.25) is 0 Å². The van der Waals surface area contributed by atoms with Crippen molar-refractivity contribution in [2.45, 2.75) is 17.7 Å². The first-order valence-corrected chi connectivity index (χ1v) is 5.98. The molecule has 1 fully saturated rings. The number of ether oxygens (including phenoxy) is 1. The summed E-state index contributed by atoms with van der Waals surface area (Å²) in [6, 6.07) is 4.92. The molecule has 0 spiro atoms. The first-order valence-electron chi connectivity index (χ1n) is 4.76. The van der Waals surface area contributed by atoms with E-state index in [1.807, 2.05) is 6.26 Å². The fraction of sp³-hybridized carbons (Fsp3) is 0.455. The number of halogens is 1. The summed E-state index contributed by atoms with van der Waals surface area (Å²) in [7, 11) is 0. The van der Waals surface area contributed by atoms with E-state index < -0.39 is 0 Å². The average Bonchev–Trinajstić information content (AvgIpc) is 3.00. The van der Waals surface area contributed by atoms with Gasteiger partial charge < -0.3 is 4.74 Å². The lowest BCUT2D eigenvalue weighted by Gasteiger charge is -2.06. The molecule has 76 valence electrons. The summed E-state index contributed by atoms with van der Waals surface area (Å²) >= 11 is 1.40. The van der Waals surface area contributed by atoms with E-state index in [0.29, 0.717) is 4.90 Å². The first-order chi connectivity index (χ1) is 6.79. The zero-order chi connectivity index (χ0) is 9.97. The van der Waals surface area contributed by atoms with E-state index in [4.69, 9.17) is 4.74 Å². The smallest absolute Gasteiger partial charge is 0.137 e. The number of hydrogen-bond acceptors (Lipinski definition) is 2. The van der Waals surface area contributed by atoms with Crippen LogP contribution in [-0.2, 0) is 0 Å². The Bertz CT molecular complexity index is 323. The lowest BCUT2D eigenvalue weighted by molar-refractivity contribution is 0.298. The van der Waals surface area contributed by atoms with E-state index in [1.54, 1.807) is 12.1 Å².